The minimum Gasteiger partial charge on any atom is -0.223 e. The number of sulfonamides is 1. The Morgan fingerprint density at radius 3 is 2.23 bits per heavy atom. The number of thiophene rings is 1. The van der Waals surface area contributed by atoms with Crippen molar-refractivity contribution in [2.45, 2.75) is 14.4 Å². The van der Waals surface area contributed by atoms with Crippen molar-refractivity contribution >= 4 is 42.8 Å². The van der Waals surface area contributed by atoms with E-state index >= 15 is 0 Å². The summed E-state index contributed by atoms with van der Waals surface area (Å²) >= 11 is 6.87. The Labute approximate surface area is 138 Å². The highest BCUT2D eigenvalue weighted by molar-refractivity contribution is 7.93. The van der Waals surface area contributed by atoms with Crippen LogP contribution in [-0.4, -0.2) is 39.5 Å². The maximum Gasteiger partial charge on any atom is 0.252 e. The molecule has 1 aromatic carbocycles. The van der Waals surface area contributed by atoms with Gasteiger partial charge in [-0.05, 0) is 35.7 Å². The Hall–Kier alpha value is -0.930. The molecule has 0 atom stereocenters. The number of hydrogen-bond donors (Lipinski definition) is 0. The molecule has 1 aliphatic rings. The summed E-state index contributed by atoms with van der Waals surface area (Å²) in [5, 5.41) is 1.41. The van der Waals surface area contributed by atoms with Crippen molar-refractivity contribution < 1.29 is 16.8 Å². The summed E-state index contributed by atoms with van der Waals surface area (Å²) < 4.78 is 50.8. The summed E-state index contributed by atoms with van der Waals surface area (Å²) in [4.78, 5) is 0.162. The van der Waals surface area contributed by atoms with E-state index in [4.69, 9.17) is 11.6 Å². The molecule has 22 heavy (non-hydrogen) atoms. The van der Waals surface area contributed by atoms with E-state index in [1.165, 1.54) is 34.6 Å². The van der Waals surface area contributed by atoms with E-state index in [-0.39, 0.29) is 22.2 Å². The van der Waals surface area contributed by atoms with Crippen molar-refractivity contribution in [1.82, 2.24) is 4.31 Å². The smallest absolute Gasteiger partial charge is 0.223 e. The lowest BCUT2D eigenvalue weighted by Gasteiger charge is -2.37. The highest BCUT2D eigenvalue weighted by Crippen LogP contribution is 2.30. The average molecular weight is 378 g/mol. The number of hydrogen-bond acceptors (Lipinski definition) is 5. The predicted molar refractivity (Wildman–Crippen MR) is 85.5 cm³/mol. The molecule has 3 rings (SSSR count). The minimum atomic E-state index is -3.57. The van der Waals surface area contributed by atoms with Crippen LogP contribution in [0, 0.1) is 0 Å². The fraction of sp³-hybridized carbons (Fsp3) is 0.231. The lowest BCUT2D eigenvalue weighted by molar-refractivity contribution is 0.310. The van der Waals surface area contributed by atoms with Gasteiger partial charge in [0.05, 0.1) is 10.1 Å². The van der Waals surface area contributed by atoms with Crippen LogP contribution in [0.2, 0.25) is 5.02 Å². The SMILES string of the molecule is O=S(=O)(c1ccc(Cl)cc1)C1CN(S(=O)(=O)c2cccs2)C1. The van der Waals surface area contributed by atoms with Crippen molar-refractivity contribution in [3.05, 3.63) is 46.8 Å². The van der Waals surface area contributed by atoms with E-state index in [1.807, 2.05) is 0 Å². The zero-order valence-electron chi connectivity index (χ0n) is 11.2. The first-order chi connectivity index (χ1) is 10.3. The molecular weight excluding hydrogens is 366 g/mol. The standard InChI is InChI=1S/C13H12ClNO4S3/c14-10-3-5-11(6-4-10)21(16,17)12-8-15(9-12)22(18,19)13-2-1-7-20-13/h1-7,12H,8-9H2. The van der Waals surface area contributed by atoms with E-state index in [0.29, 0.717) is 5.02 Å². The molecule has 0 spiro atoms. The van der Waals surface area contributed by atoms with E-state index in [1.54, 1.807) is 11.4 Å². The molecule has 118 valence electrons. The number of halogens is 1. The molecule has 0 radical (unpaired) electrons. The average Bonchev–Trinajstić information content (AvgIpc) is 2.91. The summed E-state index contributed by atoms with van der Waals surface area (Å²) in [6.45, 7) is -0.0453. The number of sulfone groups is 1. The summed E-state index contributed by atoms with van der Waals surface area (Å²) in [6, 6.07) is 9.06. The van der Waals surface area contributed by atoms with Crippen LogP contribution in [0.25, 0.3) is 0 Å². The first-order valence-corrected chi connectivity index (χ1v) is 10.6. The quantitative estimate of drug-likeness (QED) is 0.819. The molecule has 0 bridgehead atoms. The third-order valence-electron chi connectivity index (χ3n) is 3.48. The molecule has 5 nitrogen and oxygen atoms in total. The lowest BCUT2D eigenvalue weighted by atomic mass is 10.3. The molecule has 9 heteroatoms. The summed E-state index contributed by atoms with van der Waals surface area (Å²) in [5.74, 6) is 0. The second-order valence-corrected chi connectivity index (χ2v) is 10.7. The van der Waals surface area contributed by atoms with Gasteiger partial charge in [0.1, 0.15) is 4.21 Å². The van der Waals surface area contributed by atoms with Gasteiger partial charge in [-0.2, -0.15) is 4.31 Å². The maximum atomic E-state index is 12.4. The van der Waals surface area contributed by atoms with Crippen LogP contribution in [0.5, 0.6) is 0 Å². The van der Waals surface area contributed by atoms with Gasteiger partial charge in [-0.25, -0.2) is 16.8 Å². The third kappa shape index (κ3) is 2.69. The molecule has 2 aromatic rings. The van der Waals surface area contributed by atoms with Crippen molar-refractivity contribution in [1.29, 1.82) is 0 Å². The predicted octanol–water partition coefficient (Wildman–Crippen LogP) is 2.25. The van der Waals surface area contributed by atoms with Gasteiger partial charge in [0.2, 0.25) is 0 Å². The van der Waals surface area contributed by atoms with Gasteiger partial charge >= 0.3 is 0 Å². The van der Waals surface area contributed by atoms with Crippen LogP contribution in [0.4, 0.5) is 0 Å². The van der Waals surface area contributed by atoms with E-state index < -0.39 is 25.1 Å². The van der Waals surface area contributed by atoms with Gasteiger partial charge in [-0.1, -0.05) is 17.7 Å². The van der Waals surface area contributed by atoms with Crippen LogP contribution in [0.1, 0.15) is 0 Å². The lowest BCUT2D eigenvalue weighted by Crippen LogP contribution is -2.56. The number of nitrogens with zero attached hydrogens (tertiary/aromatic N) is 1. The second-order valence-electron chi connectivity index (χ2n) is 4.88. The van der Waals surface area contributed by atoms with Crippen molar-refractivity contribution in [3.8, 4) is 0 Å². The van der Waals surface area contributed by atoms with Gasteiger partial charge in [0.15, 0.2) is 9.84 Å². The van der Waals surface area contributed by atoms with Gasteiger partial charge in [0, 0.05) is 18.1 Å². The molecule has 0 N–H and O–H groups in total. The van der Waals surface area contributed by atoms with Gasteiger partial charge in [-0.3, -0.25) is 0 Å². The van der Waals surface area contributed by atoms with Crippen molar-refractivity contribution in [2.24, 2.45) is 0 Å². The van der Waals surface area contributed by atoms with Crippen LogP contribution in [0.3, 0.4) is 0 Å². The minimum absolute atomic E-state index is 0.0226. The molecule has 0 unspecified atom stereocenters. The topological polar surface area (TPSA) is 71.5 Å². The van der Waals surface area contributed by atoms with Gasteiger partial charge in [0.25, 0.3) is 10.0 Å². The molecule has 2 heterocycles. The number of rotatable bonds is 4. The maximum absolute atomic E-state index is 12.4. The van der Waals surface area contributed by atoms with Crippen molar-refractivity contribution in [2.75, 3.05) is 13.1 Å². The van der Waals surface area contributed by atoms with Crippen molar-refractivity contribution in [3.63, 3.8) is 0 Å². The largest absolute Gasteiger partial charge is 0.252 e. The molecule has 0 aliphatic carbocycles. The molecule has 0 amide bonds. The van der Waals surface area contributed by atoms with Crippen LogP contribution in [0.15, 0.2) is 50.9 Å². The Morgan fingerprint density at radius 2 is 1.68 bits per heavy atom. The van der Waals surface area contributed by atoms with E-state index in [9.17, 15) is 16.8 Å². The molecule has 1 aliphatic heterocycles. The third-order valence-corrected chi connectivity index (χ3v) is 9.05. The highest BCUT2D eigenvalue weighted by atomic mass is 35.5. The molecule has 1 saturated heterocycles. The Balaban J connectivity index is 1.77. The van der Waals surface area contributed by atoms with E-state index in [2.05, 4.69) is 0 Å². The fourth-order valence-electron chi connectivity index (χ4n) is 2.15. The van der Waals surface area contributed by atoms with Gasteiger partial charge < -0.3 is 0 Å². The monoisotopic (exact) mass is 377 g/mol. The van der Waals surface area contributed by atoms with Crippen LogP contribution in [-0.2, 0) is 19.9 Å². The van der Waals surface area contributed by atoms with Gasteiger partial charge in [-0.15, -0.1) is 11.3 Å². The molecule has 0 saturated carbocycles. The molecule has 1 fully saturated rings. The fourth-order valence-corrected chi connectivity index (χ4v) is 6.79. The second kappa shape index (κ2) is 5.61. The first kappa shape index (κ1) is 15.9. The van der Waals surface area contributed by atoms with Crippen LogP contribution < -0.4 is 0 Å². The normalized spacial score (nSPS) is 17.3. The summed E-state index contributed by atoms with van der Waals surface area (Å²) in [7, 11) is -7.12. The first-order valence-electron chi connectivity index (χ1n) is 6.35. The Morgan fingerprint density at radius 1 is 1.05 bits per heavy atom. The summed E-state index contributed by atoms with van der Waals surface area (Å²) in [5.41, 5.74) is 0. The Bertz CT molecular complexity index is 868. The highest BCUT2D eigenvalue weighted by Gasteiger charge is 2.44. The zero-order valence-corrected chi connectivity index (χ0v) is 14.4. The molecular formula is C13H12ClNO4S3. The van der Waals surface area contributed by atoms with E-state index in [0.717, 1.165) is 11.3 Å². The zero-order chi connectivity index (χ0) is 16.0. The number of benzene rings is 1. The summed E-state index contributed by atoms with van der Waals surface area (Å²) in [6.07, 6.45) is 0. The Kier molecular flexibility index (Phi) is 4.07. The van der Waals surface area contributed by atoms with Crippen LogP contribution >= 0.6 is 22.9 Å². The molecule has 1 aromatic heterocycles.